The summed E-state index contributed by atoms with van der Waals surface area (Å²) in [6.07, 6.45) is 1.61. The number of anilines is 1. The Labute approximate surface area is 137 Å². The quantitative estimate of drug-likeness (QED) is 0.792. The summed E-state index contributed by atoms with van der Waals surface area (Å²) in [5.74, 6) is 0.342. The molecule has 1 aliphatic rings. The molecule has 0 aliphatic carbocycles. The molecule has 1 aromatic carbocycles. The van der Waals surface area contributed by atoms with Crippen LogP contribution in [0.4, 0.5) is 5.82 Å². The largest absolute Gasteiger partial charge is 0.633 e. The van der Waals surface area contributed by atoms with E-state index in [9.17, 15) is 10.0 Å². The van der Waals surface area contributed by atoms with Gasteiger partial charge in [0.05, 0.1) is 16.8 Å². The summed E-state index contributed by atoms with van der Waals surface area (Å²) in [5, 5.41) is 17.5. The van der Waals surface area contributed by atoms with Crippen molar-refractivity contribution in [3.63, 3.8) is 0 Å². The predicted molar refractivity (Wildman–Crippen MR) is 84.1 cm³/mol. The van der Waals surface area contributed by atoms with Crippen LogP contribution in [0.3, 0.4) is 0 Å². The van der Waals surface area contributed by atoms with Crippen molar-refractivity contribution in [2.45, 2.75) is 6.04 Å². The number of amides is 1. The van der Waals surface area contributed by atoms with Gasteiger partial charge in [-0.05, 0) is 18.2 Å². The van der Waals surface area contributed by atoms with E-state index in [1.165, 1.54) is 4.90 Å². The molecule has 0 radical (unpaired) electrons. The first-order valence-corrected chi connectivity index (χ1v) is 7.42. The van der Waals surface area contributed by atoms with Gasteiger partial charge in [0.1, 0.15) is 11.9 Å². The Morgan fingerprint density at radius 1 is 1.32 bits per heavy atom. The third-order valence-electron chi connectivity index (χ3n) is 3.86. The maximum atomic E-state index is 12.6. The van der Waals surface area contributed by atoms with Crippen molar-refractivity contribution in [3.8, 4) is 0 Å². The predicted octanol–water partition coefficient (Wildman–Crippen LogP) is 1.18. The zero-order valence-corrected chi connectivity index (χ0v) is 13.5. The van der Waals surface area contributed by atoms with Crippen LogP contribution in [0, 0.1) is 5.21 Å². The van der Waals surface area contributed by atoms with E-state index in [2.05, 4.69) is 5.10 Å². The Morgan fingerprint density at radius 3 is 2.73 bits per heavy atom. The highest BCUT2D eigenvalue weighted by Gasteiger charge is 2.36. The number of quaternary nitrogens is 1. The third kappa shape index (κ3) is 2.38. The summed E-state index contributed by atoms with van der Waals surface area (Å²) < 4.78 is 1.59. The number of aryl methyl sites for hydroxylation is 1. The number of aromatic nitrogens is 2. The molecule has 22 heavy (non-hydrogen) atoms. The molecule has 0 saturated heterocycles. The molecule has 116 valence electrons. The molecule has 2 aromatic rings. The molecular weight excluding hydrogens is 327 g/mol. The van der Waals surface area contributed by atoms with E-state index in [0.29, 0.717) is 27.0 Å². The van der Waals surface area contributed by atoms with E-state index in [0.717, 1.165) is 0 Å². The van der Waals surface area contributed by atoms with Crippen molar-refractivity contribution in [2.24, 2.45) is 7.05 Å². The molecule has 1 amide bonds. The molecule has 2 unspecified atom stereocenters. The fourth-order valence-electron chi connectivity index (χ4n) is 2.80. The number of nitrogens with zero attached hydrogens (tertiary/aromatic N) is 3. The number of nitrogens with one attached hydrogen (secondary N) is 1. The van der Waals surface area contributed by atoms with Crippen LogP contribution in [0.5, 0.6) is 0 Å². The molecule has 3 rings (SSSR count). The molecule has 1 aromatic heterocycles. The van der Waals surface area contributed by atoms with E-state index < -0.39 is 6.04 Å². The van der Waals surface area contributed by atoms with Crippen LogP contribution in [0.15, 0.2) is 24.4 Å². The maximum Gasteiger partial charge on any atom is 0.283 e. The van der Waals surface area contributed by atoms with E-state index in [4.69, 9.17) is 23.2 Å². The van der Waals surface area contributed by atoms with Gasteiger partial charge in [-0.25, -0.2) is 0 Å². The van der Waals surface area contributed by atoms with Crippen molar-refractivity contribution in [1.29, 1.82) is 0 Å². The summed E-state index contributed by atoms with van der Waals surface area (Å²) in [5.41, 5.74) is 1.30. The maximum absolute atomic E-state index is 12.6. The summed E-state index contributed by atoms with van der Waals surface area (Å²) in [4.78, 5) is 13.6. The van der Waals surface area contributed by atoms with Crippen LogP contribution < -0.4 is 9.96 Å². The lowest BCUT2D eigenvalue weighted by Gasteiger charge is -2.29. The third-order valence-corrected chi connectivity index (χ3v) is 4.42. The van der Waals surface area contributed by atoms with Gasteiger partial charge >= 0.3 is 0 Å². The minimum Gasteiger partial charge on any atom is -0.633 e. The van der Waals surface area contributed by atoms with Gasteiger partial charge in [0.15, 0.2) is 6.54 Å². The second-order valence-corrected chi connectivity index (χ2v) is 6.09. The molecule has 2 atom stereocenters. The minimum absolute atomic E-state index is 0.172. The number of benzene rings is 1. The Morgan fingerprint density at radius 2 is 2.05 bits per heavy atom. The average Bonchev–Trinajstić information content (AvgIpc) is 2.78. The first-order chi connectivity index (χ1) is 10.4. The van der Waals surface area contributed by atoms with Gasteiger partial charge in [0.2, 0.25) is 0 Å². The van der Waals surface area contributed by atoms with Crippen LogP contribution in [-0.4, -0.2) is 29.3 Å². The fraction of sp³-hybridized carbons (Fsp3) is 0.286. The number of fused-ring (bicyclic) bond motifs is 1. The van der Waals surface area contributed by atoms with E-state index in [1.807, 2.05) is 0 Å². The Kier molecular flexibility index (Phi) is 3.86. The van der Waals surface area contributed by atoms with Crippen LogP contribution in [0.25, 0.3) is 0 Å². The highest BCUT2D eigenvalue weighted by molar-refractivity contribution is 6.35. The van der Waals surface area contributed by atoms with Gasteiger partial charge in [-0.1, -0.05) is 23.2 Å². The van der Waals surface area contributed by atoms with Gasteiger partial charge < -0.3 is 10.3 Å². The summed E-state index contributed by atoms with van der Waals surface area (Å²) >= 11 is 12.2. The van der Waals surface area contributed by atoms with Crippen LogP contribution in [0.1, 0.15) is 17.2 Å². The lowest BCUT2D eigenvalue weighted by molar-refractivity contribution is -0.866. The molecule has 2 heterocycles. The van der Waals surface area contributed by atoms with Crippen LogP contribution in [-0.2, 0) is 11.8 Å². The first-order valence-electron chi connectivity index (χ1n) is 6.66. The number of halogens is 2. The van der Waals surface area contributed by atoms with Gasteiger partial charge in [-0.15, -0.1) is 0 Å². The topological polar surface area (TPSA) is 65.6 Å². The number of rotatable bonds is 1. The van der Waals surface area contributed by atoms with Crippen molar-refractivity contribution in [1.82, 2.24) is 9.78 Å². The molecule has 0 bridgehead atoms. The zero-order chi connectivity index (χ0) is 16.0. The summed E-state index contributed by atoms with van der Waals surface area (Å²) in [7, 11) is 3.38. The smallest absolute Gasteiger partial charge is 0.283 e. The number of hydrogen-bond donors (Lipinski definition) is 1. The SMILES string of the molecule is CN1C(=O)C[NH+]([O-])C(c2ccc(Cl)cc2Cl)c2cnn(C)c21. The Hall–Kier alpha value is -1.60. The molecule has 6 nitrogen and oxygen atoms in total. The standard InChI is InChI=1S/C14H14Cl2N4O2/c1-18-12(21)7-20(22)13(10-6-17-19(2)14(10)18)9-4-3-8(15)5-11(9)16/h3-6,13,20H,7H2,1-2H3. The second kappa shape index (κ2) is 5.55. The van der Waals surface area contributed by atoms with Crippen molar-refractivity contribution in [3.05, 3.63) is 50.8 Å². The minimum atomic E-state index is -0.623. The molecule has 0 saturated carbocycles. The first kappa shape index (κ1) is 15.3. The summed E-state index contributed by atoms with van der Waals surface area (Å²) in [6.45, 7) is -0.172. The number of carbonyl (C=O) groups is 1. The van der Waals surface area contributed by atoms with Crippen molar-refractivity contribution >= 4 is 34.9 Å². The molecule has 0 spiro atoms. The van der Waals surface area contributed by atoms with E-state index >= 15 is 0 Å². The fourth-order valence-corrected chi connectivity index (χ4v) is 3.32. The molecule has 0 fully saturated rings. The van der Waals surface area contributed by atoms with Gasteiger partial charge in [-0.2, -0.15) is 5.10 Å². The number of hydrogen-bond acceptors (Lipinski definition) is 3. The van der Waals surface area contributed by atoms with Gasteiger partial charge in [-0.3, -0.25) is 14.4 Å². The highest BCUT2D eigenvalue weighted by atomic mass is 35.5. The van der Waals surface area contributed by atoms with E-state index in [1.54, 1.807) is 43.2 Å². The normalized spacial score (nSPS) is 21.7. The molecule has 1 aliphatic heterocycles. The Balaban J connectivity index is 2.21. The van der Waals surface area contributed by atoms with Crippen LogP contribution in [0.2, 0.25) is 10.0 Å². The Bertz CT molecular complexity index is 746. The number of hydroxylamine groups is 2. The highest BCUT2D eigenvalue weighted by Crippen LogP contribution is 2.34. The molecular formula is C14H14Cl2N4O2. The number of carbonyl (C=O) groups excluding carboxylic acids is 1. The summed E-state index contributed by atoms with van der Waals surface area (Å²) in [6, 6.07) is 4.38. The van der Waals surface area contributed by atoms with Crippen LogP contribution >= 0.6 is 23.2 Å². The lowest BCUT2D eigenvalue weighted by Crippen LogP contribution is -3.08. The van der Waals surface area contributed by atoms with E-state index in [-0.39, 0.29) is 17.5 Å². The zero-order valence-electron chi connectivity index (χ0n) is 12.0. The average molecular weight is 341 g/mol. The lowest BCUT2D eigenvalue weighted by atomic mass is 10.0. The monoisotopic (exact) mass is 340 g/mol. The van der Waals surface area contributed by atoms with Gasteiger partial charge in [0.25, 0.3) is 5.91 Å². The van der Waals surface area contributed by atoms with Crippen molar-refractivity contribution in [2.75, 3.05) is 18.5 Å². The molecule has 1 N–H and O–H groups in total. The van der Waals surface area contributed by atoms with Gasteiger partial charge in [0, 0.05) is 24.7 Å². The molecule has 8 heteroatoms. The number of likely N-dealkylation sites (N-methyl/N-ethyl adjacent to an activating group) is 1. The van der Waals surface area contributed by atoms with Crippen molar-refractivity contribution < 1.29 is 9.86 Å². The second-order valence-electron chi connectivity index (χ2n) is 5.24.